The molecule has 1 fully saturated rings. The molecular weight excluding hydrogens is 1320 g/mol. The number of esters is 1. The zero-order valence-corrected chi connectivity index (χ0v) is 58.8. The Morgan fingerprint density at radius 2 is 1.56 bits per heavy atom. The molecule has 10 rings (SSSR count). The predicted molar refractivity (Wildman–Crippen MR) is 379 cm³/mol. The number of aromatic hydroxyl groups is 1. The summed E-state index contributed by atoms with van der Waals surface area (Å²) < 4.78 is 24.9. The number of imide groups is 1. The lowest BCUT2D eigenvalue weighted by molar-refractivity contribution is -0.156. The second kappa shape index (κ2) is 32.3. The van der Waals surface area contributed by atoms with Crippen LogP contribution in [0.15, 0.2) is 105 Å². The van der Waals surface area contributed by atoms with Crippen molar-refractivity contribution in [1.82, 2.24) is 36.5 Å². The number of benzene rings is 4. The number of rotatable bonds is 19. The van der Waals surface area contributed by atoms with Gasteiger partial charge in [-0.1, -0.05) is 90.1 Å². The average molecular weight is 1410 g/mol. The van der Waals surface area contributed by atoms with Crippen molar-refractivity contribution in [3.63, 3.8) is 0 Å². The summed E-state index contributed by atoms with van der Waals surface area (Å²) in [4.78, 5) is 156. The van der Waals surface area contributed by atoms with Gasteiger partial charge in [0.1, 0.15) is 46.9 Å². The summed E-state index contributed by atoms with van der Waals surface area (Å²) in [5.41, 5.74) is 3.70. The van der Waals surface area contributed by atoms with Gasteiger partial charge in [0.2, 0.25) is 34.5 Å². The van der Waals surface area contributed by atoms with Crippen molar-refractivity contribution in [2.75, 3.05) is 36.4 Å². The highest BCUT2D eigenvalue weighted by atomic mass is 16.7. The number of allylic oxidation sites excluding steroid dienone is 4. The summed E-state index contributed by atoms with van der Waals surface area (Å²) >= 11 is 0. The Labute approximate surface area is 588 Å². The number of nitrogens with zero attached hydrogens (tertiary/aromatic N) is 3. The molecular formula is C74H90N10O18. The molecule has 102 heavy (non-hydrogen) atoms. The van der Waals surface area contributed by atoms with Crippen LogP contribution in [0.1, 0.15) is 118 Å². The van der Waals surface area contributed by atoms with Crippen LogP contribution in [0.3, 0.4) is 0 Å². The van der Waals surface area contributed by atoms with Gasteiger partial charge in [0.25, 0.3) is 17.7 Å². The molecule has 5 aromatic rings. The molecule has 11 N–H and O–H groups in total. The van der Waals surface area contributed by atoms with E-state index in [0.717, 1.165) is 17.1 Å². The van der Waals surface area contributed by atoms with E-state index in [9.17, 15) is 63.3 Å². The summed E-state index contributed by atoms with van der Waals surface area (Å²) in [5, 5.41) is 51.8. The molecule has 1 unspecified atom stereocenters. The largest absolute Gasteiger partial charge is 0.507 e. The van der Waals surface area contributed by atoms with Crippen molar-refractivity contribution in [3.05, 3.63) is 128 Å². The Morgan fingerprint density at radius 1 is 0.873 bits per heavy atom. The van der Waals surface area contributed by atoms with Crippen molar-refractivity contribution >= 4 is 103 Å². The number of anilines is 2. The van der Waals surface area contributed by atoms with Gasteiger partial charge in [-0.2, -0.15) is 0 Å². The van der Waals surface area contributed by atoms with Gasteiger partial charge in [-0.15, -0.1) is 0 Å². The first-order valence-electron chi connectivity index (χ1n) is 34.3. The van der Waals surface area contributed by atoms with Gasteiger partial charge in [0.05, 0.1) is 23.0 Å². The van der Waals surface area contributed by atoms with E-state index in [-0.39, 0.29) is 131 Å². The third-order valence-electron chi connectivity index (χ3n) is 19.2. The molecule has 4 aromatic carbocycles. The first-order chi connectivity index (χ1) is 48.3. The lowest BCUT2D eigenvalue weighted by Crippen LogP contribution is -2.59. The van der Waals surface area contributed by atoms with Crippen molar-refractivity contribution < 1.29 is 77.1 Å². The summed E-state index contributed by atoms with van der Waals surface area (Å²) in [6, 6.07) is 6.87. The van der Waals surface area contributed by atoms with E-state index >= 15 is 4.79 Å². The van der Waals surface area contributed by atoms with Gasteiger partial charge in [0, 0.05) is 111 Å². The zero-order chi connectivity index (χ0) is 74.2. The number of fused-ring (bicyclic) bond motifs is 14. The number of aliphatic hydroxyl groups is 2. The number of nitrogens with one attached hydrogen (secondary N) is 6. The van der Waals surface area contributed by atoms with Crippen LogP contribution in [0, 0.1) is 36.5 Å². The van der Waals surface area contributed by atoms with E-state index in [1.165, 1.54) is 40.0 Å². The van der Waals surface area contributed by atoms with Gasteiger partial charge < -0.3 is 76.5 Å². The molecule has 6 heterocycles. The number of ether oxygens (including phenoxy) is 3. The molecule has 1 saturated heterocycles. The van der Waals surface area contributed by atoms with Gasteiger partial charge in [-0.3, -0.25) is 52.8 Å². The highest BCUT2D eigenvalue weighted by Crippen LogP contribution is 2.42. The lowest BCUT2D eigenvalue weighted by Gasteiger charge is -2.34. The average Bonchev–Trinajstić information content (AvgIpc) is 1.41. The van der Waals surface area contributed by atoms with Crippen molar-refractivity contribution in [2.24, 2.45) is 35.3 Å². The van der Waals surface area contributed by atoms with E-state index in [1.807, 2.05) is 38.7 Å². The van der Waals surface area contributed by atoms with E-state index in [0.29, 0.717) is 30.5 Å². The number of amides is 9. The van der Waals surface area contributed by atoms with Gasteiger partial charge in [-0.05, 0) is 87.7 Å². The van der Waals surface area contributed by atoms with E-state index in [4.69, 9.17) is 29.3 Å². The summed E-state index contributed by atoms with van der Waals surface area (Å²) in [6.07, 6.45) is 9.96. The third-order valence-corrected chi connectivity index (χ3v) is 19.2. The van der Waals surface area contributed by atoms with Crippen molar-refractivity contribution in [1.29, 1.82) is 0 Å². The molecule has 5 bridgehead atoms. The SMILES string of the molecule is CC(=O)O[C@H]1[C@H](C)[C@H](O)[C@H](C)C[C@@H](C)/C=C/C=C(/C)C(=O)Nc2c(=O)c3c(O)c(C)c4c(c3c3nc5c(=O)cc(N6CCC(NC(=O)[C@H](Cc7ccccc7)NC(=O)[C@H](CCCNC(N)=O)NC(=O)C(NC(=O)CCN7C(=O)C=CC7=O)C(C)C)CC6)cc5oc23)=C(O)[C@@](C)(O/C=C/C[C@H]1C)O4. The number of primary amides is 1. The normalized spacial score (nSPS) is 23.4. The minimum absolute atomic E-state index is 0.0206. The van der Waals surface area contributed by atoms with Crippen LogP contribution in [-0.4, -0.2) is 147 Å². The Morgan fingerprint density at radius 3 is 2.23 bits per heavy atom. The predicted octanol–water partition coefficient (Wildman–Crippen LogP) is 5.17. The number of aliphatic hydroxyl groups excluding tert-OH is 2. The number of phenols is 1. The molecule has 9 amide bonds. The van der Waals surface area contributed by atoms with Crippen LogP contribution in [0.4, 0.5) is 16.2 Å². The molecule has 0 saturated carbocycles. The van der Waals surface area contributed by atoms with Crippen molar-refractivity contribution in [2.45, 2.75) is 163 Å². The number of carbonyl (C=O) groups excluding carboxylic acids is 9. The number of phenolic OH excluding ortho intramolecular Hbond substituents is 1. The smallest absolute Gasteiger partial charge is 0.312 e. The number of aromatic nitrogens is 1. The van der Waals surface area contributed by atoms with E-state index in [1.54, 1.807) is 68.5 Å². The molecule has 28 heteroatoms. The highest BCUT2D eigenvalue weighted by molar-refractivity contribution is 6.17. The van der Waals surface area contributed by atoms with Crippen molar-refractivity contribution in [3.8, 4) is 11.5 Å². The summed E-state index contributed by atoms with van der Waals surface area (Å²) in [7, 11) is 0. The fourth-order valence-electron chi connectivity index (χ4n) is 13.5. The Bertz CT molecular complexity index is 4410. The number of urea groups is 1. The zero-order valence-electron chi connectivity index (χ0n) is 58.8. The lowest BCUT2D eigenvalue weighted by atomic mass is 9.80. The second-order valence-electron chi connectivity index (χ2n) is 27.4. The summed E-state index contributed by atoms with van der Waals surface area (Å²) in [5.74, 6) is -9.97. The number of carbonyl (C=O) groups is 9. The number of hydrogen-bond acceptors (Lipinski definition) is 20. The van der Waals surface area contributed by atoms with Crippen LogP contribution in [0.2, 0.25) is 0 Å². The molecule has 1 aromatic heterocycles. The maximum Gasteiger partial charge on any atom is 0.312 e. The fourth-order valence-corrected chi connectivity index (χ4v) is 13.5. The van der Waals surface area contributed by atoms with E-state index < -0.39 is 135 Å². The minimum atomic E-state index is -1.99. The maximum absolute atomic E-state index is 15.2. The Balaban J connectivity index is 0.997. The topological polar surface area (TPSA) is 407 Å². The molecule has 28 nitrogen and oxygen atoms in total. The van der Waals surface area contributed by atoms with Gasteiger partial charge >= 0.3 is 17.8 Å². The van der Waals surface area contributed by atoms with Gasteiger partial charge in [-0.25, -0.2) is 9.78 Å². The molecule has 544 valence electrons. The van der Waals surface area contributed by atoms with Crippen LogP contribution in [0.25, 0.3) is 38.7 Å². The molecule has 5 aliphatic rings. The first kappa shape index (κ1) is 75.6. The van der Waals surface area contributed by atoms with Crippen LogP contribution in [-0.2, 0) is 54.3 Å². The van der Waals surface area contributed by atoms with E-state index in [2.05, 4.69) is 31.9 Å². The third kappa shape index (κ3) is 17.2. The van der Waals surface area contributed by atoms with Crippen LogP contribution in [0.5, 0.6) is 11.5 Å². The molecule has 0 aliphatic carbocycles. The first-order valence-corrected chi connectivity index (χ1v) is 34.3. The number of hydrogen-bond donors (Lipinski definition) is 10. The minimum Gasteiger partial charge on any atom is -0.507 e. The highest BCUT2D eigenvalue weighted by Gasteiger charge is 2.44. The Hall–Kier alpha value is -10.6. The number of nitrogens with two attached hydrogens (primary N) is 1. The molecule has 5 aliphatic heterocycles. The van der Waals surface area contributed by atoms with Gasteiger partial charge in [0.15, 0.2) is 22.4 Å². The summed E-state index contributed by atoms with van der Waals surface area (Å²) in [6.45, 7) is 17.0. The monoisotopic (exact) mass is 1410 g/mol. The second-order valence-corrected chi connectivity index (χ2v) is 27.4. The fraction of sp³-hybridized carbons (Fsp3) is 0.459. The molecule has 0 radical (unpaired) electrons. The Kier molecular flexibility index (Phi) is 24.0. The number of piperidine rings is 1. The molecule has 10 atom stereocenters. The maximum atomic E-state index is 15.2. The quantitative estimate of drug-likeness (QED) is 0.0168. The van der Waals surface area contributed by atoms with Crippen LogP contribution < -0.4 is 63.3 Å². The van der Waals surface area contributed by atoms with Crippen LogP contribution >= 0.6 is 0 Å². The molecule has 0 spiro atoms. The standard InChI is InChI=1S/C74H90N10O18/c1-37(2)58(80-52(87)27-31-84-53(88)23-24-54(84)89)72(97)78-48(22-15-28-76-73(75)98)70(95)79-49(34-45-20-12-11-13-21-45)71(96)77-46-25-29-83(30-26-46)47-35-50(86)59-51(36-47)101-67-60(81-59)55-56-63(91)43(8)66-57(55)68(93)74(10,102-66)99-32-16-19-39(4)65(100-44(9)85)42(7)62(90)41(6)33-38(3)17-14-18-40(5)69(94)82-61(67)64(56)92/h11-14,16-18,20-21,23-24,32,35-39,41-42,46,48-49,58,62,65,90-91,93H,15,19,22,25-31,33-34H2,1-10H3,(H,77,96)(H,78,97)(H,79,95)(H,80,87)(H,82,94)(H3,75,76,98)/b17-14+,32-16+,40-18-/t38-,39+,41+,42+,48-,49-,58?,62+,65+,74-/m0/s1.